The largest absolute Gasteiger partial charge is 0.379 e. The van der Waals surface area contributed by atoms with Gasteiger partial charge in [-0.3, -0.25) is 4.99 Å². The summed E-state index contributed by atoms with van der Waals surface area (Å²) in [5.41, 5.74) is 1.73. The second-order valence-electron chi connectivity index (χ2n) is 7.06. The predicted molar refractivity (Wildman–Crippen MR) is 101 cm³/mol. The molecule has 1 atom stereocenters. The molecule has 0 aromatic heterocycles. The molecule has 1 unspecified atom stereocenters. The van der Waals surface area contributed by atoms with Gasteiger partial charge in [-0.15, -0.1) is 0 Å². The van der Waals surface area contributed by atoms with Crippen molar-refractivity contribution in [2.45, 2.75) is 43.6 Å². The summed E-state index contributed by atoms with van der Waals surface area (Å²) in [6, 6.07) is 10.8. The molecule has 1 heterocycles. The van der Waals surface area contributed by atoms with Crippen LogP contribution in [0.3, 0.4) is 0 Å². The summed E-state index contributed by atoms with van der Waals surface area (Å²) in [7, 11) is 1.82. The molecule has 2 aliphatic rings. The van der Waals surface area contributed by atoms with Gasteiger partial charge in [0.1, 0.15) is 0 Å². The van der Waals surface area contributed by atoms with E-state index in [4.69, 9.17) is 9.47 Å². The van der Waals surface area contributed by atoms with E-state index in [0.717, 1.165) is 51.7 Å². The highest BCUT2D eigenvalue weighted by Gasteiger charge is 2.43. The van der Waals surface area contributed by atoms with E-state index in [9.17, 15) is 0 Å². The molecule has 0 amide bonds. The number of hydrogen-bond acceptors (Lipinski definition) is 3. The fourth-order valence-corrected chi connectivity index (χ4v) is 3.36. The van der Waals surface area contributed by atoms with Gasteiger partial charge in [0.15, 0.2) is 5.96 Å². The molecule has 2 N–H and O–H groups in total. The van der Waals surface area contributed by atoms with Crippen LogP contribution in [0, 0.1) is 0 Å². The standard InChI is InChI=1S/C20H31N3O2/c1-21-19(22-12-6-13-24-15-18-9-5-14-25-18)23-16-20(10-11-20)17-7-3-2-4-8-17/h2-4,7-8,18H,5-6,9-16H2,1H3,(H2,21,22,23). The van der Waals surface area contributed by atoms with Gasteiger partial charge in [0, 0.05) is 38.8 Å². The van der Waals surface area contributed by atoms with Crippen molar-refractivity contribution in [2.24, 2.45) is 4.99 Å². The quantitative estimate of drug-likeness (QED) is 0.410. The number of nitrogens with zero attached hydrogens (tertiary/aromatic N) is 1. The molecule has 0 radical (unpaired) electrons. The molecule has 1 aliphatic carbocycles. The molecule has 1 aromatic rings. The molecular weight excluding hydrogens is 314 g/mol. The van der Waals surface area contributed by atoms with Crippen LogP contribution in [0.5, 0.6) is 0 Å². The van der Waals surface area contributed by atoms with Crippen molar-refractivity contribution in [1.82, 2.24) is 10.6 Å². The summed E-state index contributed by atoms with van der Waals surface area (Å²) in [5.74, 6) is 0.876. The van der Waals surface area contributed by atoms with Crippen molar-refractivity contribution in [3.8, 4) is 0 Å². The van der Waals surface area contributed by atoms with Gasteiger partial charge in [0.25, 0.3) is 0 Å². The Morgan fingerprint density at radius 3 is 2.80 bits per heavy atom. The maximum Gasteiger partial charge on any atom is 0.191 e. The van der Waals surface area contributed by atoms with E-state index in [-0.39, 0.29) is 0 Å². The average Bonchev–Trinajstić information content (AvgIpc) is 3.27. The Kier molecular flexibility index (Phi) is 6.70. The first-order valence-corrected chi connectivity index (χ1v) is 9.52. The second kappa shape index (κ2) is 9.20. The molecule has 25 heavy (non-hydrogen) atoms. The monoisotopic (exact) mass is 345 g/mol. The zero-order valence-electron chi connectivity index (χ0n) is 15.3. The van der Waals surface area contributed by atoms with Crippen LogP contribution in [-0.2, 0) is 14.9 Å². The maximum absolute atomic E-state index is 5.69. The first kappa shape index (κ1) is 18.2. The minimum atomic E-state index is 0.295. The Morgan fingerprint density at radius 2 is 2.12 bits per heavy atom. The van der Waals surface area contributed by atoms with Crippen molar-refractivity contribution >= 4 is 5.96 Å². The number of ether oxygens (including phenoxy) is 2. The van der Waals surface area contributed by atoms with Gasteiger partial charge in [-0.2, -0.15) is 0 Å². The van der Waals surface area contributed by atoms with E-state index in [1.54, 1.807) is 0 Å². The van der Waals surface area contributed by atoms with Gasteiger partial charge in [-0.25, -0.2) is 0 Å². The van der Waals surface area contributed by atoms with Gasteiger partial charge in [-0.1, -0.05) is 30.3 Å². The van der Waals surface area contributed by atoms with Crippen molar-refractivity contribution < 1.29 is 9.47 Å². The van der Waals surface area contributed by atoms with Crippen LogP contribution < -0.4 is 10.6 Å². The van der Waals surface area contributed by atoms with Crippen LogP contribution in [-0.4, -0.2) is 52.0 Å². The van der Waals surface area contributed by atoms with Gasteiger partial charge in [-0.05, 0) is 37.7 Å². The SMILES string of the molecule is CN=C(NCCCOCC1CCCO1)NCC1(c2ccccc2)CC1. The molecule has 0 spiro atoms. The third kappa shape index (κ3) is 5.44. The molecule has 3 rings (SSSR count). The van der Waals surface area contributed by atoms with Gasteiger partial charge in [0.2, 0.25) is 0 Å². The van der Waals surface area contributed by atoms with Crippen molar-refractivity contribution in [3.05, 3.63) is 35.9 Å². The zero-order valence-corrected chi connectivity index (χ0v) is 15.3. The van der Waals surface area contributed by atoms with Gasteiger partial charge in [0.05, 0.1) is 12.7 Å². The average molecular weight is 345 g/mol. The molecule has 1 aromatic carbocycles. The van der Waals surface area contributed by atoms with Crippen LogP contribution in [0.1, 0.15) is 37.7 Å². The first-order valence-electron chi connectivity index (χ1n) is 9.52. The molecule has 2 fully saturated rings. The van der Waals surface area contributed by atoms with E-state index < -0.39 is 0 Å². The Labute approximate surface area is 151 Å². The maximum atomic E-state index is 5.69. The zero-order chi connectivity index (χ0) is 17.4. The summed E-state index contributed by atoms with van der Waals surface area (Å²) in [6.45, 7) is 4.18. The second-order valence-corrected chi connectivity index (χ2v) is 7.06. The normalized spacial score (nSPS) is 22.0. The summed E-state index contributed by atoms with van der Waals surface area (Å²) in [5, 5.41) is 6.86. The Hall–Kier alpha value is -1.59. The van der Waals surface area contributed by atoms with E-state index in [1.807, 2.05) is 7.05 Å². The highest BCUT2D eigenvalue weighted by Crippen LogP contribution is 2.47. The third-order valence-electron chi connectivity index (χ3n) is 5.14. The number of benzene rings is 1. The molecule has 0 bridgehead atoms. The Balaban J connectivity index is 1.29. The number of aliphatic imine (C=N–C) groups is 1. The number of guanidine groups is 1. The number of nitrogens with one attached hydrogen (secondary N) is 2. The van der Waals surface area contributed by atoms with Crippen LogP contribution in [0.25, 0.3) is 0 Å². The lowest BCUT2D eigenvalue weighted by Crippen LogP contribution is -2.41. The van der Waals surface area contributed by atoms with Crippen LogP contribution in [0.4, 0.5) is 0 Å². The Morgan fingerprint density at radius 1 is 1.28 bits per heavy atom. The summed E-state index contributed by atoms with van der Waals surface area (Å²) < 4.78 is 11.2. The van der Waals surface area contributed by atoms with E-state index in [1.165, 1.54) is 24.8 Å². The fourth-order valence-electron chi connectivity index (χ4n) is 3.36. The lowest BCUT2D eigenvalue weighted by Gasteiger charge is -2.19. The molecule has 5 heteroatoms. The fraction of sp³-hybridized carbons (Fsp3) is 0.650. The van der Waals surface area contributed by atoms with Crippen molar-refractivity contribution in [3.63, 3.8) is 0 Å². The van der Waals surface area contributed by atoms with Crippen LogP contribution in [0.15, 0.2) is 35.3 Å². The lowest BCUT2D eigenvalue weighted by molar-refractivity contribution is 0.0168. The number of hydrogen-bond donors (Lipinski definition) is 2. The predicted octanol–water partition coefficient (Wildman–Crippen LogP) is 2.47. The number of rotatable bonds is 9. The first-order chi connectivity index (χ1) is 12.3. The summed E-state index contributed by atoms with van der Waals surface area (Å²) in [4.78, 5) is 4.33. The van der Waals surface area contributed by atoms with E-state index in [2.05, 4.69) is 46.0 Å². The van der Waals surface area contributed by atoms with Crippen molar-refractivity contribution in [1.29, 1.82) is 0 Å². The molecule has 5 nitrogen and oxygen atoms in total. The van der Waals surface area contributed by atoms with Crippen molar-refractivity contribution in [2.75, 3.05) is 40.0 Å². The molecule has 1 saturated carbocycles. The minimum Gasteiger partial charge on any atom is -0.379 e. The van der Waals surface area contributed by atoms with Gasteiger partial charge < -0.3 is 20.1 Å². The minimum absolute atomic E-state index is 0.295. The van der Waals surface area contributed by atoms with Crippen LogP contribution in [0.2, 0.25) is 0 Å². The van der Waals surface area contributed by atoms with E-state index >= 15 is 0 Å². The van der Waals surface area contributed by atoms with Crippen LogP contribution >= 0.6 is 0 Å². The summed E-state index contributed by atoms with van der Waals surface area (Å²) in [6.07, 6.45) is 6.09. The molecule has 1 saturated heterocycles. The smallest absolute Gasteiger partial charge is 0.191 e. The highest BCUT2D eigenvalue weighted by atomic mass is 16.5. The van der Waals surface area contributed by atoms with Gasteiger partial charge >= 0.3 is 0 Å². The molecule has 138 valence electrons. The summed E-state index contributed by atoms with van der Waals surface area (Å²) >= 11 is 0. The third-order valence-corrected chi connectivity index (χ3v) is 5.14. The lowest BCUT2D eigenvalue weighted by atomic mass is 9.96. The highest BCUT2D eigenvalue weighted by molar-refractivity contribution is 5.79. The topological polar surface area (TPSA) is 54.9 Å². The molecule has 1 aliphatic heterocycles. The van der Waals surface area contributed by atoms with E-state index in [0.29, 0.717) is 11.5 Å². The Bertz CT molecular complexity index is 537. The molecular formula is C20H31N3O2.